The molecule has 1 unspecified atom stereocenters. The average Bonchev–Trinajstić information content (AvgIpc) is 3.02. The van der Waals surface area contributed by atoms with E-state index in [4.69, 9.17) is 15.0 Å². The van der Waals surface area contributed by atoms with Crippen LogP contribution in [0.15, 0.2) is 22.9 Å². The normalized spacial score (nSPS) is 19.2. The molecule has 0 saturated carbocycles. The van der Waals surface area contributed by atoms with E-state index in [1.807, 2.05) is 6.07 Å². The summed E-state index contributed by atoms with van der Waals surface area (Å²) in [5.74, 6) is 1.61. The highest BCUT2D eigenvalue weighted by Gasteiger charge is 2.19. The van der Waals surface area contributed by atoms with Crippen molar-refractivity contribution in [1.82, 2.24) is 15.1 Å². The van der Waals surface area contributed by atoms with Gasteiger partial charge in [-0.05, 0) is 25.0 Å². The van der Waals surface area contributed by atoms with Crippen LogP contribution in [0.4, 0.5) is 5.82 Å². The second-order valence-corrected chi connectivity index (χ2v) is 4.33. The highest BCUT2D eigenvalue weighted by atomic mass is 16.5. The largest absolute Gasteiger partial charge is 0.384 e. The van der Waals surface area contributed by atoms with E-state index in [0.29, 0.717) is 24.0 Å². The lowest BCUT2D eigenvalue weighted by molar-refractivity contribution is 0.109. The minimum Gasteiger partial charge on any atom is -0.384 e. The van der Waals surface area contributed by atoms with Gasteiger partial charge in [0.25, 0.3) is 5.89 Å². The molecule has 1 aliphatic heterocycles. The van der Waals surface area contributed by atoms with Crippen molar-refractivity contribution in [2.45, 2.75) is 25.4 Å². The maximum absolute atomic E-state index is 5.54. The van der Waals surface area contributed by atoms with Crippen molar-refractivity contribution in [2.75, 3.05) is 12.3 Å². The maximum atomic E-state index is 5.54. The van der Waals surface area contributed by atoms with Crippen LogP contribution < -0.4 is 5.73 Å². The summed E-state index contributed by atoms with van der Waals surface area (Å²) in [6.45, 7) is 0.831. The lowest BCUT2D eigenvalue weighted by Gasteiger charge is -2.03. The molecule has 1 aliphatic rings. The van der Waals surface area contributed by atoms with Gasteiger partial charge in [0.05, 0.1) is 11.7 Å². The number of nitrogens with two attached hydrogens (primary N) is 1. The quantitative estimate of drug-likeness (QED) is 0.881. The first-order valence-corrected chi connectivity index (χ1v) is 5.97. The molecular weight excluding hydrogens is 232 g/mol. The zero-order valence-corrected chi connectivity index (χ0v) is 9.87. The Morgan fingerprint density at radius 1 is 1.39 bits per heavy atom. The summed E-state index contributed by atoms with van der Waals surface area (Å²) in [5, 5.41) is 3.95. The van der Waals surface area contributed by atoms with E-state index in [2.05, 4.69) is 15.1 Å². The Morgan fingerprint density at radius 2 is 2.33 bits per heavy atom. The second-order valence-electron chi connectivity index (χ2n) is 4.33. The fourth-order valence-corrected chi connectivity index (χ4v) is 1.99. The van der Waals surface area contributed by atoms with Crippen LogP contribution in [0, 0.1) is 0 Å². The third-order valence-corrected chi connectivity index (χ3v) is 2.94. The molecule has 18 heavy (non-hydrogen) atoms. The van der Waals surface area contributed by atoms with E-state index in [1.54, 1.807) is 12.3 Å². The molecule has 0 bridgehead atoms. The zero-order chi connectivity index (χ0) is 12.4. The predicted octanol–water partition coefficient (Wildman–Crippen LogP) is 1.44. The van der Waals surface area contributed by atoms with Gasteiger partial charge in [0, 0.05) is 19.2 Å². The van der Waals surface area contributed by atoms with Crippen molar-refractivity contribution in [3.8, 4) is 11.5 Å². The van der Waals surface area contributed by atoms with Crippen LogP contribution in [0.25, 0.3) is 11.5 Å². The van der Waals surface area contributed by atoms with Gasteiger partial charge in [-0.2, -0.15) is 4.98 Å². The summed E-state index contributed by atoms with van der Waals surface area (Å²) in [6.07, 6.45) is 4.72. The molecule has 6 heteroatoms. The van der Waals surface area contributed by atoms with E-state index in [0.717, 1.165) is 25.0 Å². The van der Waals surface area contributed by atoms with Gasteiger partial charge in [0.15, 0.2) is 5.82 Å². The standard InChI is InChI=1S/C12H14N4O2/c13-10-4-3-8(7-14-10)12-15-11(16-18-12)6-9-2-1-5-17-9/h3-4,7,9H,1-2,5-6H2,(H2,13,14). The van der Waals surface area contributed by atoms with Gasteiger partial charge in [-0.1, -0.05) is 5.16 Å². The molecule has 2 N–H and O–H groups in total. The van der Waals surface area contributed by atoms with Gasteiger partial charge in [-0.25, -0.2) is 4.98 Å². The molecule has 94 valence electrons. The Hall–Kier alpha value is -1.95. The molecule has 0 radical (unpaired) electrons. The minimum absolute atomic E-state index is 0.222. The molecule has 3 rings (SSSR count). The van der Waals surface area contributed by atoms with Crippen molar-refractivity contribution in [2.24, 2.45) is 0 Å². The smallest absolute Gasteiger partial charge is 0.259 e. The van der Waals surface area contributed by atoms with Crippen LogP contribution in [0.5, 0.6) is 0 Å². The molecule has 1 atom stereocenters. The average molecular weight is 246 g/mol. The Morgan fingerprint density at radius 3 is 3.06 bits per heavy atom. The van der Waals surface area contributed by atoms with E-state index in [-0.39, 0.29) is 6.10 Å². The Bertz CT molecular complexity index is 517. The van der Waals surface area contributed by atoms with Crippen molar-refractivity contribution in [3.05, 3.63) is 24.2 Å². The maximum Gasteiger partial charge on any atom is 0.259 e. The first-order chi connectivity index (χ1) is 8.81. The number of aromatic nitrogens is 3. The predicted molar refractivity (Wildman–Crippen MR) is 64.6 cm³/mol. The van der Waals surface area contributed by atoms with Gasteiger partial charge >= 0.3 is 0 Å². The van der Waals surface area contributed by atoms with E-state index in [1.165, 1.54) is 0 Å². The molecule has 3 heterocycles. The van der Waals surface area contributed by atoms with Gasteiger partial charge in [-0.3, -0.25) is 0 Å². The molecule has 1 fully saturated rings. The van der Waals surface area contributed by atoms with Crippen molar-refractivity contribution >= 4 is 5.82 Å². The molecule has 1 saturated heterocycles. The summed E-state index contributed by atoms with van der Waals surface area (Å²) in [5.41, 5.74) is 6.30. The fourth-order valence-electron chi connectivity index (χ4n) is 1.99. The third kappa shape index (κ3) is 2.33. The number of rotatable bonds is 3. The topological polar surface area (TPSA) is 87.1 Å². The number of nitrogens with zero attached hydrogens (tertiary/aromatic N) is 3. The first kappa shape index (κ1) is 11.2. The summed E-state index contributed by atoms with van der Waals surface area (Å²) < 4.78 is 10.7. The molecule has 6 nitrogen and oxygen atoms in total. The van der Waals surface area contributed by atoms with Crippen LogP contribution in [0.2, 0.25) is 0 Å². The molecule has 0 aromatic carbocycles. The SMILES string of the molecule is Nc1ccc(-c2nc(CC3CCCO3)no2)cn1. The lowest BCUT2D eigenvalue weighted by Crippen LogP contribution is -2.09. The summed E-state index contributed by atoms with van der Waals surface area (Å²) in [6, 6.07) is 3.52. The number of pyridine rings is 1. The summed E-state index contributed by atoms with van der Waals surface area (Å²) >= 11 is 0. The number of anilines is 1. The Labute approximate surface area is 104 Å². The van der Waals surface area contributed by atoms with Gasteiger partial charge in [0.1, 0.15) is 5.82 Å². The molecule has 0 aliphatic carbocycles. The van der Waals surface area contributed by atoms with Crippen molar-refractivity contribution in [1.29, 1.82) is 0 Å². The van der Waals surface area contributed by atoms with Gasteiger partial charge in [0.2, 0.25) is 0 Å². The van der Waals surface area contributed by atoms with E-state index >= 15 is 0 Å². The summed E-state index contributed by atoms with van der Waals surface area (Å²) in [4.78, 5) is 8.33. The number of nitrogen functional groups attached to an aromatic ring is 1. The van der Waals surface area contributed by atoms with Crippen molar-refractivity contribution in [3.63, 3.8) is 0 Å². The Kier molecular flexibility index (Phi) is 2.93. The fraction of sp³-hybridized carbons (Fsp3) is 0.417. The monoisotopic (exact) mass is 246 g/mol. The van der Waals surface area contributed by atoms with Crippen LogP contribution in [-0.2, 0) is 11.2 Å². The molecule has 0 amide bonds. The zero-order valence-electron chi connectivity index (χ0n) is 9.87. The second kappa shape index (κ2) is 4.73. The Balaban J connectivity index is 1.74. The highest BCUT2D eigenvalue weighted by molar-refractivity contribution is 5.53. The first-order valence-electron chi connectivity index (χ1n) is 5.97. The molecule has 2 aromatic rings. The molecule has 2 aromatic heterocycles. The summed E-state index contributed by atoms with van der Waals surface area (Å²) in [7, 11) is 0. The third-order valence-electron chi connectivity index (χ3n) is 2.94. The lowest BCUT2D eigenvalue weighted by atomic mass is 10.2. The highest BCUT2D eigenvalue weighted by Crippen LogP contribution is 2.19. The van der Waals surface area contributed by atoms with Crippen LogP contribution in [0.3, 0.4) is 0 Å². The van der Waals surface area contributed by atoms with Crippen LogP contribution >= 0.6 is 0 Å². The molecule has 0 spiro atoms. The van der Waals surface area contributed by atoms with E-state index < -0.39 is 0 Å². The van der Waals surface area contributed by atoms with Crippen molar-refractivity contribution < 1.29 is 9.26 Å². The number of hydrogen-bond acceptors (Lipinski definition) is 6. The van der Waals surface area contributed by atoms with Crippen LogP contribution in [0.1, 0.15) is 18.7 Å². The van der Waals surface area contributed by atoms with Gasteiger partial charge in [-0.15, -0.1) is 0 Å². The van der Waals surface area contributed by atoms with Crippen LogP contribution in [-0.4, -0.2) is 27.8 Å². The number of hydrogen-bond donors (Lipinski definition) is 1. The minimum atomic E-state index is 0.222. The van der Waals surface area contributed by atoms with Gasteiger partial charge < -0.3 is 15.0 Å². The van der Waals surface area contributed by atoms with E-state index in [9.17, 15) is 0 Å². The molecular formula is C12H14N4O2. The number of ether oxygens (including phenoxy) is 1.